The molecule has 0 spiro atoms. The van der Waals surface area contributed by atoms with Crippen LogP contribution in [0.25, 0.3) is 0 Å². The molecule has 0 aliphatic carbocycles. The molecule has 0 fully saturated rings. The van der Waals surface area contributed by atoms with Crippen LogP contribution in [0, 0.1) is 17.5 Å². The van der Waals surface area contributed by atoms with E-state index in [-0.39, 0.29) is 16.3 Å². The molecular formula is C22H20F4N4O3S. The van der Waals surface area contributed by atoms with Crippen molar-refractivity contribution in [2.45, 2.75) is 31.3 Å². The van der Waals surface area contributed by atoms with Gasteiger partial charge in [0.05, 0.1) is 9.73 Å². The maximum absolute atomic E-state index is 13.8. The maximum Gasteiger partial charge on any atom is 0.435 e. The summed E-state index contributed by atoms with van der Waals surface area (Å²) in [5, 5.41) is 9.08. The molecule has 12 heteroatoms. The summed E-state index contributed by atoms with van der Waals surface area (Å²) in [5.74, 6) is -2.22. The Bertz CT molecular complexity index is 1360. The average Bonchev–Trinajstić information content (AvgIpc) is 2.72. The van der Waals surface area contributed by atoms with Gasteiger partial charge in [0.15, 0.2) is 5.69 Å². The maximum atomic E-state index is 13.8. The first-order valence-corrected chi connectivity index (χ1v) is 11.8. The minimum atomic E-state index is -4.89. The molecule has 0 aliphatic rings. The highest BCUT2D eigenvalue weighted by Crippen LogP contribution is 2.36. The highest BCUT2D eigenvalue weighted by atomic mass is 32.2. The van der Waals surface area contributed by atoms with Crippen LogP contribution in [0.4, 0.5) is 23.2 Å². The summed E-state index contributed by atoms with van der Waals surface area (Å²) < 4.78 is 79.4. The zero-order valence-electron chi connectivity index (χ0n) is 18.3. The van der Waals surface area contributed by atoms with E-state index in [1.807, 2.05) is 0 Å². The topological polar surface area (TPSA) is 105 Å². The van der Waals surface area contributed by atoms with E-state index < -0.39 is 50.3 Å². The Hall–Kier alpha value is -3.54. The van der Waals surface area contributed by atoms with Crippen molar-refractivity contribution >= 4 is 21.3 Å². The van der Waals surface area contributed by atoms with E-state index >= 15 is 0 Å². The predicted molar refractivity (Wildman–Crippen MR) is 117 cm³/mol. The number of aryl methyl sites for hydroxylation is 1. The Morgan fingerprint density at radius 2 is 1.88 bits per heavy atom. The van der Waals surface area contributed by atoms with Crippen LogP contribution in [0.1, 0.15) is 34.1 Å². The first-order valence-electron chi connectivity index (χ1n) is 9.87. The number of halogens is 4. The number of nitrogens with zero attached hydrogens (tertiary/aromatic N) is 2. The second kappa shape index (κ2) is 9.37. The first-order chi connectivity index (χ1) is 15.8. The average molecular weight is 496 g/mol. The van der Waals surface area contributed by atoms with E-state index in [1.165, 1.54) is 42.7 Å². The molecular weight excluding hydrogens is 476 g/mol. The van der Waals surface area contributed by atoms with Crippen molar-refractivity contribution in [3.8, 4) is 11.6 Å². The van der Waals surface area contributed by atoms with E-state index in [9.17, 15) is 26.6 Å². The summed E-state index contributed by atoms with van der Waals surface area (Å²) in [4.78, 5) is 13.2. The van der Waals surface area contributed by atoms with Crippen molar-refractivity contribution in [3.05, 3.63) is 70.7 Å². The van der Waals surface area contributed by atoms with Crippen LogP contribution >= 0.6 is 0 Å². The van der Waals surface area contributed by atoms with Gasteiger partial charge in [-0.3, -0.25) is 4.79 Å². The van der Waals surface area contributed by atoms with Crippen LogP contribution in [0.15, 0.2) is 47.4 Å². The third-order valence-corrected chi connectivity index (χ3v) is 5.99. The molecule has 1 unspecified atom stereocenters. The predicted octanol–water partition coefficient (Wildman–Crippen LogP) is 5.59. The van der Waals surface area contributed by atoms with Crippen molar-refractivity contribution in [1.29, 1.82) is 4.78 Å². The largest absolute Gasteiger partial charge is 0.437 e. The van der Waals surface area contributed by atoms with E-state index in [4.69, 9.17) is 9.52 Å². The van der Waals surface area contributed by atoms with Crippen molar-refractivity contribution in [2.75, 3.05) is 11.6 Å². The summed E-state index contributed by atoms with van der Waals surface area (Å²) >= 11 is 0. The lowest BCUT2D eigenvalue weighted by atomic mass is 10.1. The van der Waals surface area contributed by atoms with Crippen LogP contribution in [-0.2, 0) is 22.3 Å². The third kappa shape index (κ3) is 5.50. The fourth-order valence-electron chi connectivity index (χ4n) is 3.14. The van der Waals surface area contributed by atoms with Gasteiger partial charge in [0.25, 0.3) is 11.8 Å². The minimum Gasteiger partial charge on any atom is -0.437 e. The Balaban J connectivity index is 2.10. The summed E-state index contributed by atoms with van der Waals surface area (Å²) in [6, 6.07) is 9.26. The van der Waals surface area contributed by atoms with Crippen molar-refractivity contribution in [1.82, 2.24) is 10.2 Å². The molecule has 2 aromatic carbocycles. The number of nitrogens with one attached hydrogen (secondary N) is 2. The number of hydrogen-bond acceptors (Lipinski definition) is 6. The smallest absolute Gasteiger partial charge is 0.435 e. The molecule has 1 amide bonds. The molecule has 2 N–H and O–H groups in total. The Morgan fingerprint density at radius 3 is 2.50 bits per heavy atom. The van der Waals surface area contributed by atoms with Gasteiger partial charge in [-0.2, -0.15) is 13.2 Å². The van der Waals surface area contributed by atoms with Crippen molar-refractivity contribution in [3.63, 3.8) is 0 Å². The van der Waals surface area contributed by atoms with Crippen LogP contribution in [-0.4, -0.2) is 26.6 Å². The molecule has 0 aliphatic heterocycles. The Kier molecular flexibility index (Phi) is 6.92. The summed E-state index contributed by atoms with van der Waals surface area (Å²) in [6.07, 6.45) is -3.28. The summed E-state index contributed by atoms with van der Waals surface area (Å²) in [7, 11) is -3.10. The summed E-state index contributed by atoms with van der Waals surface area (Å²) in [6.45, 7) is 2.81. The monoisotopic (exact) mass is 496 g/mol. The number of hydrogen-bond donors (Lipinski definition) is 2. The zero-order valence-corrected chi connectivity index (χ0v) is 19.1. The van der Waals surface area contributed by atoms with E-state index in [2.05, 4.69) is 15.5 Å². The fourth-order valence-corrected chi connectivity index (χ4v) is 3.83. The van der Waals surface area contributed by atoms with Crippen molar-refractivity contribution < 1.29 is 31.3 Å². The standard InChI is InChI=1S/C22H20F4N4O3S/c1-4-13-8-9-14(23)10-17(13)33-21-18(12(2)19(29-30-21)22(24,25)26)20(31)28-15-6-5-7-16(11-15)34(3,27)32/h5-11,27H,4H2,1-3H3,(H,28,31). The first kappa shape index (κ1) is 25.1. The number of ether oxygens (including phenoxy) is 1. The number of alkyl halides is 3. The van der Waals surface area contributed by atoms with Gasteiger partial charge in [0.1, 0.15) is 17.1 Å². The second-order valence-electron chi connectivity index (χ2n) is 7.38. The molecule has 3 rings (SSSR count). The Labute approximate surface area is 193 Å². The van der Waals surface area contributed by atoms with Gasteiger partial charge in [-0.25, -0.2) is 13.4 Å². The molecule has 0 saturated heterocycles. The molecule has 0 saturated carbocycles. The number of amides is 1. The van der Waals surface area contributed by atoms with Gasteiger partial charge in [-0.15, -0.1) is 10.2 Å². The number of aromatic nitrogens is 2. The normalized spacial score (nSPS) is 13.3. The van der Waals surface area contributed by atoms with Crippen LogP contribution in [0.2, 0.25) is 0 Å². The molecule has 1 aromatic heterocycles. The molecule has 0 bridgehead atoms. The number of anilines is 1. The number of benzene rings is 2. The molecule has 0 radical (unpaired) electrons. The third-order valence-electron chi connectivity index (χ3n) is 4.84. The molecule has 1 atom stereocenters. The van der Waals surface area contributed by atoms with Crippen LogP contribution < -0.4 is 10.1 Å². The van der Waals surface area contributed by atoms with Crippen molar-refractivity contribution in [2.24, 2.45) is 0 Å². The van der Waals surface area contributed by atoms with E-state index in [0.29, 0.717) is 12.0 Å². The molecule has 1 heterocycles. The highest BCUT2D eigenvalue weighted by molar-refractivity contribution is 7.91. The lowest BCUT2D eigenvalue weighted by Gasteiger charge is -2.17. The van der Waals surface area contributed by atoms with Gasteiger partial charge in [0, 0.05) is 22.9 Å². The number of carbonyl (C=O) groups is 1. The molecule has 180 valence electrons. The molecule has 7 nitrogen and oxygen atoms in total. The minimum absolute atomic E-state index is 0.0214. The van der Waals surface area contributed by atoms with Gasteiger partial charge in [-0.1, -0.05) is 19.1 Å². The van der Waals surface area contributed by atoms with Gasteiger partial charge in [0.2, 0.25) is 0 Å². The van der Waals surface area contributed by atoms with Crippen LogP contribution in [0.5, 0.6) is 11.6 Å². The highest BCUT2D eigenvalue weighted by Gasteiger charge is 2.38. The van der Waals surface area contributed by atoms with E-state index in [1.54, 1.807) is 6.92 Å². The van der Waals surface area contributed by atoms with E-state index in [0.717, 1.165) is 13.0 Å². The SMILES string of the molecule is CCc1ccc(F)cc1Oc1nnc(C(F)(F)F)c(C)c1C(=O)Nc1cccc(S(C)(=N)=O)c1. The quantitative estimate of drug-likeness (QED) is 0.433. The van der Waals surface area contributed by atoms with Crippen LogP contribution in [0.3, 0.4) is 0 Å². The molecule has 3 aromatic rings. The Morgan fingerprint density at radius 1 is 1.18 bits per heavy atom. The number of rotatable bonds is 6. The lowest BCUT2D eigenvalue weighted by Crippen LogP contribution is -2.21. The zero-order chi connectivity index (χ0) is 25.3. The van der Waals surface area contributed by atoms with Gasteiger partial charge >= 0.3 is 6.18 Å². The number of carbonyl (C=O) groups excluding carboxylic acids is 1. The molecule has 34 heavy (non-hydrogen) atoms. The summed E-state index contributed by atoms with van der Waals surface area (Å²) in [5.41, 5.74) is -1.84. The second-order valence-corrected chi connectivity index (χ2v) is 9.54. The van der Waals surface area contributed by atoms with Gasteiger partial charge in [-0.05, 0) is 48.7 Å². The fraction of sp³-hybridized carbons (Fsp3) is 0.227. The lowest BCUT2D eigenvalue weighted by molar-refractivity contribution is -0.142. The van der Waals surface area contributed by atoms with Gasteiger partial charge < -0.3 is 10.1 Å².